The lowest BCUT2D eigenvalue weighted by atomic mass is 10.1. The van der Waals surface area contributed by atoms with Gasteiger partial charge in [-0.1, -0.05) is 11.6 Å². The van der Waals surface area contributed by atoms with E-state index < -0.39 is 12.5 Å². The number of anilines is 1. The molecule has 1 amide bonds. The molecule has 0 aliphatic heterocycles. The van der Waals surface area contributed by atoms with Crippen molar-refractivity contribution < 1.29 is 13.6 Å². The number of amides is 1. The minimum absolute atomic E-state index is 0.0700. The van der Waals surface area contributed by atoms with Gasteiger partial charge in [0.25, 0.3) is 12.3 Å². The minimum Gasteiger partial charge on any atom is -0.382 e. The van der Waals surface area contributed by atoms with Crippen molar-refractivity contribution in [2.45, 2.75) is 25.9 Å². The Labute approximate surface area is 193 Å². The summed E-state index contributed by atoms with van der Waals surface area (Å²) in [5, 5.41) is 0.946. The van der Waals surface area contributed by atoms with Crippen molar-refractivity contribution in [3.05, 3.63) is 88.7 Å². The van der Waals surface area contributed by atoms with Crippen LogP contribution in [-0.2, 0) is 6.54 Å². The topological polar surface area (TPSA) is 97.9 Å². The minimum atomic E-state index is -2.62. The van der Waals surface area contributed by atoms with E-state index in [1.165, 1.54) is 17.0 Å². The molecule has 0 bridgehead atoms. The number of nitrogen functional groups attached to an aromatic ring is 1. The van der Waals surface area contributed by atoms with Gasteiger partial charge in [-0.2, -0.15) is 0 Å². The van der Waals surface area contributed by atoms with Crippen LogP contribution < -0.4 is 5.73 Å². The third-order valence-corrected chi connectivity index (χ3v) is 5.46. The van der Waals surface area contributed by atoms with E-state index in [0.717, 1.165) is 6.20 Å². The average molecular weight is 469 g/mol. The molecule has 1 aromatic carbocycles. The van der Waals surface area contributed by atoms with Crippen LogP contribution in [0.15, 0.2) is 61.1 Å². The quantitative estimate of drug-likeness (QED) is 0.427. The molecule has 7 nitrogen and oxygen atoms in total. The molecule has 1 atom stereocenters. The summed E-state index contributed by atoms with van der Waals surface area (Å²) < 4.78 is 25.8. The predicted molar refractivity (Wildman–Crippen MR) is 121 cm³/mol. The second-order valence-electron chi connectivity index (χ2n) is 7.36. The molecular weight excluding hydrogens is 450 g/mol. The molecule has 0 spiro atoms. The molecular formula is C23H19ClF2N6O. The van der Waals surface area contributed by atoms with Crippen LogP contribution >= 0.6 is 11.6 Å². The predicted octanol–water partition coefficient (Wildman–Crippen LogP) is 5.00. The first-order valence-electron chi connectivity index (χ1n) is 10.00. The van der Waals surface area contributed by atoms with Crippen molar-refractivity contribution in [3.63, 3.8) is 0 Å². The molecule has 0 radical (unpaired) electrons. The number of pyridine rings is 2. The second-order valence-corrected chi connectivity index (χ2v) is 7.77. The fourth-order valence-electron chi connectivity index (χ4n) is 3.35. The number of halogens is 3. The van der Waals surface area contributed by atoms with Gasteiger partial charge in [-0.15, -0.1) is 0 Å². The van der Waals surface area contributed by atoms with Crippen molar-refractivity contribution in [2.75, 3.05) is 5.73 Å². The molecule has 0 saturated carbocycles. The van der Waals surface area contributed by atoms with Gasteiger partial charge in [0.15, 0.2) is 0 Å². The Kier molecular flexibility index (Phi) is 6.41. The summed E-state index contributed by atoms with van der Waals surface area (Å²) in [6.45, 7) is 1.86. The van der Waals surface area contributed by atoms with E-state index in [1.54, 1.807) is 49.6 Å². The summed E-state index contributed by atoms with van der Waals surface area (Å²) in [7, 11) is 0. The number of nitrogens with two attached hydrogens (primary N) is 1. The fraction of sp³-hybridized carbons (Fsp3) is 0.174. The van der Waals surface area contributed by atoms with Gasteiger partial charge in [-0.05, 0) is 49.4 Å². The van der Waals surface area contributed by atoms with Crippen molar-refractivity contribution in [1.29, 1.82) is 0 Å². The number of rotatable bonds is 6. The van der Waals surface area contributed by atoms with Crippen LogP contribution in [0.2, 0.25) is 5.02 Å². The Hall–Kier alpha value is -3.72. The number of alkyl halides is 2. The molecule has 4 rings (SSSR count). The van der Waals surface area contributed by atoms with Crippen LogP contribution in [0.1, 0.15) is 46.8 Å². The van der Waals surface area contributed by atoms with Gasteiger partial charge in [0.1, 0.15) is 11.6 Å². The van der Waals surface area contributed by atoms with Crippen molar-refractivity contribution in [2.24, 2.45) is 0 Å². The summed E-state index contributed by atoms with van der Waals surface area (Å²) in [5.41, 5.74) is 7.02. The lowest BCUT2D eigenvalue weighted by Gasteiger charge is -2.28. The first-order valence-corrected chi connectivity index (χ1v) is 10.4. The van der Waals surface area contributed by atoms with E-state index in [0.29, 0.717) is 33.0 Å². The lowest BCUT2D eigenvalue weighted by Crippen LogP contribution is -2.34. The van der Waals surface area contributed by atoms with Gasteiger partial charge < -0.3 is 10.6 Å². The zero-order valence-corrected chi connectivity index (χ0v) is 18.2. The maximum absolute atomic E-state index is 13.6. The largest absolute Gasteiger partial charge is 0.382 e. The van der Waals surface area contributed by atoms with E-state index in [2.05, 4.69) is 19.9 Å². The summed E-state index contributed by atoms with van der Waals surface area (Å²) in [5.74, 6) is 0.330. The SMILES string of the molecule is CC(c1ncccn1)N(Cc1ccc(C(F)F)cn1)C(=O)c1ccc2nc(N)c(Cl)cc2c1. The molecule has 33 heavy (non-hydrogen) atoms. The first kappa shape index (κ1) is 22.5. The highest BCUT2D eigenvalue weighted by Gasteiger charge is 2.26. The van der Waals surface area contributed by atoms with Crippen LogP contribution in [0, 0.1) is 0 Å². The third kappa shape index (κ3) is 4.88. The Morgan fingerprint density at radius 2 is 1.88 bits per heavy atom. The lowest BCUT2D eigenvalue weighted by molar-refractivity contribution is 0.0663. The number of hydrogen-bond acceptors (Lipinski definition) is 6. The number of carbonyl (C=O) groups excluding carboxylic acids is 1. The number of nitrogens with zero attached hydrogens (tertiary/aromatic N) is 5. The highest BCUT2D eigenvalue weighted by molar-refractivity contribution is 6.33. The van der Waals surface area contributed by atoms with Crippen molar-refractivity contribution in [1.82, 2.24) is 24.8 Å². The number of aromatic nitrogens is 4. The van der Waals surface area contributed by atoms with Crippen LogP contribution in [-0.4, -0.2) is 30.7 Å². The van der Waals surface area contributed by atoms with E-state index in [1.807, 2.05) is 0 Å². The summed E-state index contributed by atoms with van der Waals surface area (Å²) in [6, 6.07) is 10.6. The van der Waals surface area contributed by atoms with Crippen LogP contribution in [0.4, 0.5) is 14.6 Å². The zero-order valence-electron chi connectivity index (χ0n) is 17.5. The molecule has 168 valence electrons. The molecule has 1 unspecified atom stereocenters. The Bertz CT molecular complexity index is 1290. The average Bonchev–Trinajstić information content (AvgIpc) is 2.83. The van der Waals surface area contributed by atoms with E-state index in [4.69, 9.17) is 17.3 Å². The molecule has 0 aliphatic rings. The normalized spacial score (nSPS) is 12.2. The Balaban J connectivity index is 1.70. The highest BCUT2D eigenvalue weighted by Crippen LogP contribution is 2.27. The molecule has 4 aromatic rings. The van der Waals surface area contributed by atoms with Gasteiger partial charge in [-0.25, -0.2) is 23.7 Å². The summed E-state index contributed by atoms with van der Waals surface area (Å²) in [6.07, 6.45) is 1.67. The van der Waals surface area contributed by atoms with Crippen molar-refractivity contribution in [3.8, 4) is 0 Å². The first-order chi connectivity index (χ1) is 15.8. The Morgan fingerprint density at radius 3 is 2.55 bits per heavy atom. The van der Waals surface area contributed by atoms with Crippen molar-refractivity contribution >= 4 is 34.2 Å². The molecule has 3 aromatic heterocycles. The van der Waals surface area contributed by atoms with Crippen LogP contribution in [0.5, 0.6) is 0 Å². The summed E-state index contributed by atoms with van der Waals surface area (Å²) in [4.78, 5) is 32.0. The summed E-state index contributed by atoms with van der Waals surface area (Å²) >= 11 is 6.09. The number of fused-ring (bicyclic) bond motifs is 1. The molecule has 0 aliphatic carbocycles. The molecule has 2 N–H and O–H groups in total. The number of hydrogen-bond donors (Lipinski definition) is 1. The maximum atomic E-state index is 13.6. The van der Waals surface area contributed by atoms with Gasteiger partial charge in [-0.3, -0.25) is 9.78 Å². The highest BCUT2D eigenvalue weighted by atomic mass is 35.5. The smallest absolute Gasteiger partial charge is 0.265 e. The van der Waals surface area contributed by atoms with E-state index in [9.17, 15) is 13.6 Å². The fourth-order valence-corrected chi connectivity index (χ4v) is 3.51. The second kappa shape index (κ2) is 9.41. The number of carbonyl (C=O) groups is 1. The monoisotopic (exact) mass is 468 g/mol. The molecule has 0 fully saturated rings. The molecule has 0 saturated heterocycles. The van der Waals surface area contributed by atoms with E-state index in [-0.39, 0.29) is 23.8 Å². The Morgan fingerprint density at radius 1 is 1.12 bits per heavy atom. The zero-order chi connectivity index (χ0) is 23.5. The van der Waals surface area contributed by atoms with Crippen LogP contribution in [0.3, 0.4) is 0 Å². The number of benzene rings is 1. The van der Waals surface area contributed by atoms with Gasteiger partial charge in [0.2, 0.25) is 0 Å². The van der Waals surface area contributed by atoms with Gasteiger partial charge in [0, 0.05) is 35.1 Å². The molecule has 10 heteroatoms. The van der Waals surface area contributed by atoms with Crippen LogP contribution in [0.25, 0.3) is 10.9 Å². The van der Waals surface area contributed by atoms with Gasteiger partial charge in [0.05, 0.1) is 28.8 Å². The van der Waals surface area contributed by atoms with E-state index >= 15 is 0 Å². The maximum Gasteiger partial charge on any atom is 0.265 e. The molecule has 3 heterocycles. The third-order valence-electron chi connectivity index (χ3n) is 5.16. The van der Waals surface area contributed by atoms with Gasteiger partial charge >= 0.3 is 0 Å². The standard InChI is InChI=1S/C23H19ClF2N6O/c1-13(22-28-7-2-8-29-22)32(12-17-5-3-15(11-30-17)20(25)26)23(33)14-4-6-19-16(9-14)10-18(24)21(27)31-19/h2-11,13,20H,12H2,1H3,(H2,27,31).